The second kappa shape index (κ2) is 8.13. The highest BCUT2D eigenvalue weighted by Crippen LogP contribution is 2.28. The van der Waals surface area contributed by atoms with Crippen molar-refractivity contribution in [3.63, 3.8) is 0 Å². The molecule has 0 radical (unpaired) electrons. The minimum absolute atomic E-state index is 0.00810. The second-order valence-corrected chi connectivity index (χ2v) is 10.2. The average molecular weight is 425 g/mol. The lowest BCUT2D eigenvalue weighted by Crippen LogP contribution is -2.38. The molecule has 7 nitrogen and oxygen atoms in total. The number of hydrogen-bond donors (Lipinski definition) is 1. The zero-order valence-corrected chi connectivity index (χ0v) is 17.8. The van der Waals surface area contributed by atoms with Crippen molar-refractivity contribution < 1.29 is 13.2 Å². The van der Waals surface area contributed by atoms with Crippen LogP contribution < -0.4 is 5.32 Å². The molecular weight excluding hydrogens is 400 g/mol. The van der Waals surface area contributed by atoms with Crippen molar-refractivity contribution in [3.05, 3.63) is 41.2 Å². The number of aromatic nitrogens is 2. The summed E-state index contributed by atoms with van der Waals surface area (Å²) in [5.74, 6) is 0.116. The van der Waals surface area contributed by atoms with Crippen molar-refractivity contribution in [3.8, 4) is 5.69 Å². The molecule has 1 fully saturated rings. The Bertz CT molecular complexity index is 954. The van der Waals surface area contributed by atoms with E-state index in [0.717, 1.165) is 11.4 Å². The number of carbonyl (C=O) groups excluding carboxylic acids is 1. The lowest BCUT2D eigenvalue weighted by molar-refractivity contribution is 0.210. The second-order valence-electron chi connectivity index (χ2n) is 7.58. The zero-order valence-electron chi connectivity index (χ0n) is 16.2. The summed E-state index contributed by atoms with van der Waals surface area (Å²) in [4.78, 5) is 14.4. The van der Waals surface area contributed by atoms with Gasteiger partial charge in [0.1, 0.15) is 0 Å². The Labute approximate surface area is 170 Å². The van der Waals surface area contributed by atoms with E-state index in [1.165, 1.54) is 0 Å². The number of rotatable bonds is 3. The van der Waals surface area contributed by atoms with Gasteiger partial charge in [0.25, 0.3) is 0 Å². The van der Waals surface area contributed by atoms with E-state index in [1.54, 1.807) is 27.9 Å². The molecule has 1 unspecified atom stereocenters. The van der Waals surface area contributed by atoms with Crippen LogP contribution >= 0.6 is 11.6 Å². The Balaban J connectivity index is 1.84. The standard InChI is InChI=1S/C19H25ClN4O3S/c1-13(2)18-17(10-21-24(18)16-6-4-15(20)5-7-16)22-19(25)23-8-9-28(26,27)12-14(3)11-23/h4-7,10,13-14H,8-9,11-12H2,1-3H3,(H,22,25). The first-order chi connectivity index (χ1) is 13.2. The Morgan fingerprint density at radius 1 is 1.29 bits per heavy atom. The van der Waals surface area contributed by atoms with Gasteiger partial charge in [-0.1, -0.05) is 32.4 Å². The van der Waals surface area contributed by atoms with E-state index >= 15 is 0 Å². The number of amides is 2. The molecule has 1 aromatic heterocycles. The van der Waals surface area contributed by atoms with E-state index in [4.69, 9.17) is 11.6 Å². The van der Waals surface area contributed by atoms with E-state index in [9.17, 15) is 13.2 Å². The molecule has 1 aliphatic rings. The summed E-state index contributed by atoms with van der Waals surface area (Å²) >= 11 is 5.97. The Morgan fingerprint density at radius 2 is 1.96 bits per heavy atom. The molecule has 2 heterocycles. The number of carbonyl (C=O) groups is 1. The Morgan fingerprint density at radius 3 is 2.61 bits per heavy atom. The number of sulfone groups is 1. The zero-order chi connectivity index (χ0) is 20.5. The Kier molecular flexibility index (Phi) is 6.00. The molecule has 0 aliphatic carbocycles. The van der Waals surface area contributed by atoms with Gasteiger partial charge in [0.2, 0.25) is 0 Å². The van der Waals surface area contributed by atoms with E-state index < -0.39 is 9.84 Å². The molecule has 1 saturated heterocycles. The van der Waals surface area contributed by atoms with Gasteiger partial charge in [0.15, 0.2) is 9.84 Å². The predicted octanol–water partition coefficient (Wildman–Crippen LogP) is 3.55. The number of hydrogen-bond acceptors (Lipinski definition) is 4. The normalized spacial score (nSPS) is 19.5. The number of halogens is 1. The maximum atomic E-state index is 12.8. The van der Waals surface area contributed by atoms with Gasteiger partial charge in [0.05, 0.1) is 34.8 Å². The fourth-order valence-electron chi connectivity index (χ4n) is 3.46. The smallest absolute Gasteiger partial charge is 0.321 e. The molecule has 2 amide bonds. The SMILES string of the molecule is CC1CN(C(=O)Nc2cnn(-c3ccc(Cl)cc3)c2C(C)C)CCS(=O)(=O)C1. The van der Waals surface area contributed by atoms with Gasteiger partial charge < -0.3 is 10.2 Å². The molecule has 28 heavy (non-hydrogen) atoms. The fourth-order valence-corrected chi connectivity index (χ4v) is 5.23. The third-order valence-corrected chi connectivity index (χ3v) is 6.83. The van der Waals surface area contributed by atoms with Crippen molar-refractivity contribution in [2.24, 2.45) is 5.92 Å². The number of benzene rings is 1. The summed E-state index contributed by atoms with van der Waals surface area (Å²) in [5, 5.41) is 8.00. The Hall–Kier alpha value is -2.06. The van der Waals surface area contributed by atoms with Crippen LogP contribution in [0.25, 0.3) is 5.69 Å². The maximum absolute atomic E-state index is 12.8. The van der Waals surface area contributed by atoms with Gasteiger partial charge in [-0.3, -0.25) is 0 Å². The van der Waals surface area contributed by atoms with Crippen molar-refractivity contribution >= 4 is 33.2 Å². The van der Waals surface area contributed by atoms with Crippen LogP contribution in [0.4, 0.5) is 10.5 Å². The first kappa shape index (κ1) is 20.7. The van der Waals surface area contributed by atoms with Crippen molar-refractivity contribution in [1.82, 2.24) is 14.7 Å². The highest BCUT2D eigenvalue weighted by atomic mass is 35.5. The molecule has 1 N–H and O–H groups in total. The predicted molar refractivity (Wildman–Crippen MR) is 111 cm³/mol. The monoisotopic (exact) mass is 424 g/mol. The lowest BCUT2D eigenvalue weighted by Gasteiger charge is -2.23. The molecule has 152 valence electrons. The summed E-state index contributed by atoms with van der Waals surface area (Å²) in [5.41, 5.74) is 2.34. The summed E-state index contributed by atoms with van der Waals surface area (Å²) in [6.45, 7) is 6.51. The van der Waals surface area contributed by atoms with E-state index in [0.29, 0.717) is 17.3 Å². The summed E-state index contributed by atoms with van der Waals surface area (Å²) in [6.07, 6.45) is 1.62. The van der Waals surface area contributed by atoms with Crippen LogP contribution in [0.3, 0.4) is 0 Å². The first-order valence-electron chi connectivity index (χ1n) is 9.26. The number of nitrogens with one attached hydrogen (secondary N) is 1. The molecular formula is C19H25ClN4O3S. The quantitative estimate of drug-likeness (QED) is 0.816. The van der Waals surface area contributed by atoms with Gasteiger partial charge in [-0.15, -0.1) is 0 Å². The largest absolute Gasteiger partial charge is 0.323 e. The molecule has 2 aromatic rings. The van der Waals surface area contributed by atoms with Crippen LogP contribution in [0, 0.1) is 5.92 Å². The summed E-state index contributed by atoms with van der Waals surface area (Å²) in [7, 11) is -3.11. The van der Waals surface area contributed by atoms with Gasteiger partial charge in [-0.05, 0) is 36.1 Å². The van der Waals surface area contributed by atoms with Gasteiger partial charge in [-0.25, -0.2) is 17.9 Å². The number of nitrogens with zero attached hydrogens (tertiary/aromatic N) is 3. The molecule has 1 aromatic carbocycles. The van der Waals surface area contributed by atoms with Crippen LogP contribution in [-0.4, -0.2) is 53.7 Å². The molecule has 0 bridgehead atoms. The minimum Gasteiger partial charge on any atom is -0.323 e. The minimum atomic E-state index is -3.11. The number of urea groups is 1. The van der Waals surface area contributed by atoms with E-state index in [-0.39, 0.29) is 35.9 Å². The van der Waals surface area contributed by atoms with Gasteiger partial charge in [0, 0.05) is 18.1 Å². The summed E-state index contributed by atoms with van der Waals surface area (Å²) < 4.78 is 25.7. The van der Waals surface area contributed by atoms with Crippen LogP contribution in [0.5, 0.6) is 0 Å². The maximum Gasteiger partial charge on any atom is 0.321 e. The van der Waals surface area contributed by atoms with Crippen LogP contribution in [0.2, 0.25) is 5.02 Å². The topological polar surface area (TPSA) is 84.3 Å². The van der Waals surface area contributed by atoms with E-state index in [2.05, 4.69) is 10.4 Å². The molecule has 9 heteroatoms. The van der Waals surface area contributed by atoms with Crippen molar-refractivity contribution in [2.45, 2.75) is 26.7 Å². The third-order valence-electron chi connectivity index (χ3n) is 4.70. The van der Waals surface area contributed by atoms with Gasteiger partial charge >= 0.3 is 6.03 Å². The van der Waals surface area contributed by atoms with Crippen LogP contribution in [0.15, 0.2) is 30.5 Å². The van der Waals surface area contributed by atoms with Gasteiger partial charge in [-0.2, -0.15) is 5.10 Å². The lowest BCUT2D eigenvalue weighted by atomic mass is 10.1. The van der Waals surface area contributed by atoms with Crippen LogP contribution in [-0.2, 0) is 9.84 Å². The molecule has 3 rings (SSSR count). The highest BCUT2D eigenvalue weighted by Gasteiger charge is 2.28. The molecule has 1 atom stereocenters. The van der Waals surface area contributed by atoms with Crippen molar-refractivity contribution in [2.75, 3.05) is 29.9 Å². The third kappa shape index (κ3) is 4.67. The molecule has 0 spiro atoms. The number of anilines is 1. The van der Waals surface area contributed by atoms with Crippen LogP contribution in [0.1, 0.15) is 32.4 Å². The highest BCUT2D eigenvalue weighted by molar-refractivity contribution is 7.91. The van der Waals surface area contributed by atoms with Crippen molar-refractivity contribution in [1.29, 1.82) is 0 Å². The summed E-state index contributed by atoms with van der Waals surface area (Å²) in [6, 6.07) is 7.02. The molecule has 0 saturated carbocycles. The fraction of sp³-hybridized carbons (Fsp3) is 0.474. The first-order valence-corrected chi connectivity index (χ1v) is 11.5. The van der Waals surface area contributed by atoms with E-state index in [1.807, 2.05) is 32.9 Å². The molecule has 1 aliphatic heterocycles. The average Bonchev–Trinajstić information content (AvgIpc) is 2.95.